The monoisotopic (exact) mass is 518 g/mol. The topological polar surface area (TPSA) is 100 Å². The van der Waals surface area contributed by atoms with Gasteiger partial charge in [0.1, 0.15) is 11.5 Å². The number of nitrogens with zero attached hydrogens (tertiary/aromatic N) is 6. The number of pyridine rings is 2. The highest BCUT2D eigenvalue weighted by atomic mass is 16.2. The summed E-state index contributed by atoms with van der Waals surface area (Å²) in [6, 6.07) is 21.8. The number of likely N-dealkylation sites (N-methyl/N-ethyl adjacent to an activating group) is 1. The predicted octanol–water partition coefficient (Wildman–Crippen LogP) is 4.94. The summed E-state index contributed by atoms with van der Waals surface area (Å²) in [7, 11) is 1.95. The number of aromatic nitrogens is 4. The van der Waals surface area contributed by atoms with E-state index in [1.165, 1.54) is 5.56 Å². The van der Waals surface area contributed by atoms with Gasteiger partial charge in [-0.05, 0) is 49.1 Å². The van der Waals surface area contributed by atoms with Crippen LogP contribution in [-0.2, 0) is 13.0 Å². The lowest BCUT2D eigenvalue weighted by atomic mass is 10.1. The number of nitrogens with one attached hydrogen (secondary N) is 2. The number of rotatable bonds is 9. The van der Waals surface area contributed by atoms with Gasteiger partial charge in [0.15, 0.2) is 5.69 Å². The van der Waals surface area contributed by atoms with Crippen LogP contribution in [-0.4, -0.2) is 50.5 Å². The van der Waals surface area contributed by atoms with Crippen LogP contribution < -0.4 is 10.6 Å². The minimum Gasteiger partial charge on any atom is -0.360 e. The summed E-state index contributed by atoms with van der Waals surface area (Å²) >= 11 is 0. The molecule has 1 aromatic carbocycles. The van der Waals surface area contributed by atoms with E-state index in [9.17, 15) is 4.79 Å². The van der Waals surface area contributed by atoms with Crippen molar-refractivity contribution < 1.29 is 4.79 Å². The highest BCUT2D eigenvalue weighted by Gasteiger charge is 2.27. The first kappa shape index (κ1) is 24.5. The average molecular weight is 519 g/mol. The molecule has 2 N–H and O–H groups in total. The standard InChI is InChI=1S/C30H30N8O/c1-37-19-23(18-31-20-37)33-26-13-12-24(22-10-11-22)34-29(26)30(39)35-28-17-27(25-9-5-6-15-32-25)36-38(28)16-14-21-7-3-2-4-8-21/h2-9,12-13,15,17-18,20,22,33H,10-11,14,16,19H2,1H3,(H,35,39). The van der Waals surface area contributed by atoms with Crippen LogP contribution in [0.15, 0.2) is 89.8 Å². The van der Waals surface area contributed by atoms with Crippen molar-refractivity contribution >= 4 is 23.8 Å². The fourth-order valence-corrected chi connectivity index (χ4v) is 4.57. The van der Waals surface area contributed by atoms with E-state index in [4.69, 9.17) is 10.1 Å². The zero-order chi connectivity index (χ0) is 26.6. The summed E-state index contributed by atoms with van der Waals surface area (Å²) in [6.45, 7) is 1.26. The first-order chi connectivity index (χ1) is 19.1. The lowest BCUT2D eigenvalue weighted by Gasteiger charge is -2.21. The number of carbonyl (C=O) groups is 1. The number of hydrogen-bond donors (Lipinski definition) is 2. The molecule has 6 rings (SSSR count). The maximum absolute atomic E-state index is 13.8. The summed E-state index contributed by atoms with van der Waals surface area (Å²) in [6.07, 6.45) is 8.26. The Kier molecular flexibility index (Phi) is 6.86. The molecule has 0 radical (unpaired) electrons. The average Bonchev–Trinajstić information content (AvgIpc) is 3.74. The lowest BCUT2D eigenvalue weighted by Crippen LogP contribution is -2.26. The van der Waals surface area contributed by atoms with Gasteiger partial charge in [0.25, 0.3) is 5.91 Å². The number of carbonyl (C=O) groups excluding carboxylic acids is 1. The van der Waals surface area contributed by atoms with Crippen molar-refractivity contribution in [1.29, 1.82) is 0 Å². The highest BCUT2D eigenvalue weighted by Crippen LogP contribution is 2.39. The normalized spacial score (nSPS) is 14.7. The molecule has 3 aromatic heterocycles. The molecule has 0 saturated heterocycles. The maximum atomic E-state index is 13.8. The quantitative estimate of drug-likeness (QED) is 0.326. The first-order valence-electron chi connectivity index (χ1n) is 13.2. The Bertz CT molecular complexity index is 1520. The molecule has 0 unspecified atom stereocenters. The highest BCUT2D eigenvalue weighted by molar-refractivity contribution is 6.06. The molecule has 0 spiro atoms. The Morgan fingerprint density at radius 2 is 1.87 bits per heavy atom. The maximum Gasteiger partial charge on any atom is 0.277 e. The van der Waals surface area contributed by atoms with Gasteiger partial charge < -0.3 is 15.5 Å². The van der Waals surface area contributed by atoms with Crippen LogP contribution in [0.25, 0.3) is 11.4 Å². The van der Waals surface area contributed by atoms with E-state index in [1.807, 2.05) is 71.2 Å². The van der Waals surface area contributed by atoms with Crippen molar-refractivity contribution in [2.45, 2.75) is 31.7 Å². The third kappa shape index (κ3) is 5.87. The molecule has 1 amide bonds. The minimum atomic E-state index is -0.290. The van der Waals surface area contributed by atoms with Crippen LogP contribution >= 0.6 is 0 Å². The lowest BCUT2D eigenvalue weighted by molar-refractivity contribution is 0.102. The van der Waals surface area contributed by atoms with Gasteiger partial charge in [-0.25, -0.2) is 14.7 Å². The van der Waals surface area contributed by atoms with Gasteiger partial charge in [-0.2, -0.15) is 5.10 Å². The molecule has 4 aromatic rings. The van der Waals surface area contributed by atoms with Crippen LogP contribution in [0.3, 0.4) is 0 Å². The first-order valence-corrected chi connectivity index (χ1v) is 13.2. The zero-order valence-electron chi connectivity index (χ0n) is 21.8. The number of amides is 1. The molecule has 4 heterocycles. The van der Waals surface area contributed by atoms with Gasteiger partial charge >= 0.3 is 0 Å². The molecule has 39 heavy (non-hydrogen) atoms. The van der Waals surface area contributed by atoms with Gasteiger partial charge in [-0.1, -0.05) is 36.4 Å². The third-order valence-corrected chi connectivity index (χ3v) is 6.74. The van der Waals surface area contributed by atoms with E-state index < -0.39 is 0 Å². The van der Waals surface area contributed by atoms with Crippen LogP contribution in [0.4, 0.5) is 11.5 Å². The summed E-state index contributed by atoms with van der Waals surface area (Å²) in [4.78, 5) is 29.3. The molecule has 2 aliphatic rings. The van der Waals surface area contributed by atoms with Crippen molar-refractivity contribution in [3.8, 4) is 11.4 Å². The Morgan fingerprint density at radius 1 is 1.03 bits per heavy atom. The van der Waals surface area contributed by atoms with Crippen molar-refractivity contribution in [2.24, 2.45) is 4.99 Å². The molecule has 1 saturated carbocycles. The van der Waals surface area contributed by atoms with E-state index in [0.29, 0.717) is 41.9 Å². The Labute approximate surface area is 227 Å². The summed E-state index contributed by atoms with van der Waals surface area (Å²) in [5, 5.41) is 11.3. The number of aliphatic imine (C=N–C) groups is 1. The van der Waals surface area contributed by atoms with Gasteiger partial charge in [-0.15, -0.1) is 0 Å². The van der Waals surface area contributed by atoms with Crippen molar-refractivity contribution in [3.05, 3.63) is 102 Å². The number of anilines is 2. The second kappa shape index (κ2) is 10.9. The molecule has 9 nitrogen and oxygen atoms in total. The molecule has 0 atom stereocenters. The zero-order valence-corrected chi connectivity index (χ0v) is 21.8. The van der Waals surface area contributed by atoms with Crippen LogP contribution in [0.1, 0.15) is 40.5 Å². The van der Waals surface area contributed by atoms with Crippen molar-refractivity contribution in [1.82, 2.24) is 24.6 Å². The van der Waals surface area contributed by atoms with Crippen molar-refractivity contribution in [3.63, 3.8) is 0 Å². The summed E-state index contributed by atoms with van der Waals surface area (Å²) in [5.41, 5.74) is 5.48. The van der Waals surface area contributed by atoms with E-state index in [0.717, 1.165) is 36.3 Å². The van der Waals surface area contributed by atoms with Gasteiger partial charge in [-0.3, -0.25) is 9.78 Å². The number of aryl methyl sites for hydroxylation is 2. The van der Waals surface area contributed by atoms with Crippen LogP contribution in [0, 0.1) is 0 Å². The van der Waals surface area contributed by atoms with Crippen LogP contribution in [0.2, 0.25) is 0 Å². The fourth-order valence-electron chi connectivity index (χ4n) is 4.57. The van der Waals surface area contributed by atoms with Crippen molar-refractivity contribution in [2.75, 3.05) is 24.2 Å². The number of benzene rings is 1. The SMILES string of the molecule is CN1C=NC=C(Nc2ccc(C3CC3)nc2C(=O)Nc2cc(-c3ccccn3)nn2CCc2ccccc2)C1. The van der Waals surface area contributed by atoms with Gasteiger partial charge in [0, 0.05) is 43.7 Å². The molecule has 1 aliphatic carbocycles. The largest absolute Gasteiger partial charge is 0.360 e. The fraction of sp³-hybridized carbons (Fsp3) is 0.233. The molecule has 1 aliphatic heterocycles. The second-order valence-corrected chi connectivity index (χ2v) is 9.91. The second-order valence-electron chi connectivity index (χ2n) is 9.91. The minimum absolute atomic E-state index is 0.290. The summed E-state index contributed by atoms with van der Waals surface area (Å²) < 4.78 is 1.83. The molecule has 1 fully saturated rings. The van der Waals surface area contributed by atoms with Gasteiger partial charge in [0.05, 0.1) is 30.0 Å². The summed E-state index contributed by atoms with van der Waals surface area (Å²) in [5.74, 6) is 0.728. The smallest absolute Gasteiger partial charge is 0.277 e. The molecular weight excluding hydrogens is 488 g/mol. The third-order valence-electron chi connectivity index (χ3n) is 6.74. The molecule has 0 bridgehead atoms. The Morgan fingerprint density at radius 3 is 2.64 bits per heavy atom. The predicted molar refractivity (Wildman–Crippen MR) is 153 cm³/mol. The van der Waals surface area contributed by atoms with E-state index in [1.54, 1.807) is 18.7 Å². The molecular formula is C30H30N8O. The Balaban J connectivity index is 1.30. The Hall–Kier alpha value is -4.79. The van der Waals surface area contributed by atoms with Crippen LogP contribution in [0.5, 0.6) is 0 Å². The van der Waals surface area contributed by atoms with E-state index >= 15 is 0 Å². The van der Waals surface area contributed by atoms with E-state index in [-0.39, 0.29) is 5.91 Å². The molecule has 9 heteroatoms. The molecule has 196 valence electrons. The van der Waals surface area contributed by atoms with Gasteiger partial charge in [0.2, 0.25) is 0 Å². The number of hydrogen-bond acceptors (Lipinski definition) is 7. The van der Waals surface area contributed by atoms with E-state index in [2.05, 4.69) is 32.7 Å².